The maximum absolute atomic E-state index is 12.8. The topological polar surface area (TPSA) is 32.3 Å². The summed E-state index contributed by atoms with van der Waals surface area (Å²) in [4.78, 5) is 15.4. The summed E-state index contributed by atoms with van der Waals surface area (Å²) in [6, 6.07) is 9.69. The fourth-order valence-electron chi connectivity index (χ4n) is 3.45. The zero-order valence-electron chi connectivity index (χ0n) is 15.0. The number of hydrogen-bond donors (Lipinski definition) is 1. The molecule has 3 nitrogen and oxygen atoms in total. The summed E-state index contributed by atoms with van der Waals surface area (Å²) in [6.45, 7) is 1.79. The van der Waals surface area contributed by atoms with E-state index in [4.69, 9.17) is 0 Å². The van der Waals surface area contributed by atoms with Crippen LogP contribution in [0.5, 0.6) is 0 Å². The molecular formula is C20H23F3N2OS. The van der Waals surface area contributed by atoms with Gasteiger partial charge >= 0.3 is 6.18 Å². The Labute approximate surface area is 161 Å². The summed E-state index contributed by atoms with van der Waals surface area (Å²) >= 11 is 1.70. The molecule has 1 aromatic carbocycles. The van der Waals surface area contributed by atoms with Gasteiger partial charge in [0, 0.05) is 30.4 Å². The molecule has 2 heterocycles. The fraction of sp³-hybridized carbons (Fsp3) is 0.450. The molecule has 27 heavy (non-hydrogen) atoms. The van der Waals surface area contributed by atoms with Gasteiger partial charge in [-0.2, -0.15) is 13.2 Å². The van der Waals surface area contributed by atoms with E-state index in [0.29, 0.717) is 25.1 Å². The monoisotopic (exact) mass is 396 g/mol. The highest BCUT2D eigenvalue weighted by Crippen LogP contribution is 2.29. The van der Waals surface area contributed by atoms with E-state index in [1.807, 2.05) is 16.3 Å². The van der Waals surface area contributed by atoms with Gasteiger partial charge in [-0.15, -0.1) is 11.3 Å². The van der Waals surface area contributed by atoms with Crippen LogP contribution >= 0.6 is 11.3 Å². The van der Waals surface area contributed by atoms with Gasteiger partial charge < -0.3 is 10.2 Å². The highest BCUT2D eigenvalue weighted by Gasteiger charge is 2.31. The average Bonchev–Trinajstić information content (AvgIpc) is 3.26. The van der Waals surface area contributed by atoms with Gasteiger partial charge in [-0.25, -0.2) is 0 Å². The molecule has 1 unspecified atom stereocenters. The third-order valence-corrected chi connectivity index (χ3v) is 5.81. The van der Waals surface area contributed by atoms with Crippen LogP contribution < -0.4 is 5.32 Å². The van der Waals surface area contributed by atoms with Gasteiger partial charge in [0.05, 0.1) is 5.56 Å². The molecule has 3 rings (SSSR count). The minimum Gasteiger partial charge on any atom is -0.339 e. The first-order valence-electron chi connectivity index (χ1n) is 9.12. The zero-order valence-corrected chi connectivity index (χ0v) is 15.8. The van der Waals surface area contributed by atoms with E-state index >= 15 is 0 Å². The summed E-state index contributed by atoms with van der Waals surface area (Å²) in [5.74, 6) is 0.203. The van der Waals surface area contributed by atoms with E-state index in [1.54, 1.807) is 17.4 Å². The molecule has 146 valence electrons. The first-order chi connectivity index (χ1) is 12.9. The van der Waals surface area contributed by atoms with Gasteiger partial charge in [0.25, 0.3) is 0 Å². The second-order valence-corrected chi connectivity index (χ2v) is 7.80. The van der Waals surface area contributed by atoms with Crippen molar-refractivity contribution in [3.63, 3.8) is 0 Å². The van der Waals surface area contributed by atoms with Crippen LogP contribution in [0.1, 0.15) is 35.3 Å². The Morgan fingerprint density at radius 1 is 1.22 bits per heavy atom. The summed E-state index contributed by atoms with van der Waals surface area (Å²) in [5.41, 5.74) is -0.00943. The molecule has 0 aliphatic carbocycles. The number of rotatable bonds is 8. The molecule has 0 bridgehead atoms. The normalized spacial score (nSPS) is 17.7. The van der Waals surface area contributed by atoms with Crippen molar-refractivity contribution in [3.8, 4) is 0 Å². The molecular weight excluding hydrogens is 373 g/mol. The van der Waals surface area contributed by atoms with Crippen LogP contribution in [-0.2, 0) is 23.9 Å². The number of halogens is 3. The molecule has 1 aliphatic heterocycles. The van der Waals surface area contributed by atoms with Gasteiger partial charge in [0.15, 0.2) is 0 Å². The quantitative estimate of drug-likeness (QED) is 0.668. The predicted octanol–water partition coefficient (Wildman–Crippen LogP) is 4.48. The lowest BCUT2D eigenvalue weighted by molar-refractivity contribution is -0.137. The highest BCUT2D eigenvalue weighted by molar-refractivity contribution is 7.09. The van der Waals surface area contributed by atoms with Gasteiger partial charge in [-0.3, -0.25) is 4.79 Å². The average molecular weight is 396 g/mol. The number of carbonyl (C=O) groups is 1. The third kappa shape index (κ3) is 5.56. The number of benzene rings is 1. The molecule has 1 aromatic heterocycles. The van der Waals surface area contributed by atoms with Crippen LogP contribution in [0.25, 0.3) is 0 Å². The smallest absolute Gasteiger partial charge is 0.339 e. The van der Waals surface area contributed by atoms with E-state index in [2.05, 4.69) is 11.4 Å². The van der Waals surface area contributed by atoms with Crippen LogP contribution in [0.4, 0.5) is 13.2 Å². The maximum atomic E-state index is 12.8. The van der Waals surface area contributed by atoms with Crippen molar-refractivity contribution >= 4 is 17.2 Å². The largest absolute Gasteiger partial charge is 0.416 e. The van der Waals surface area contributed by atoms with Crippen molar-refractivity contribution in [3.05, 3.63) is 57.8 Å². The lowest BCUT2D eigenvalue weighted by atomic mass is 10.1. The van der Waals surface area contributed by atoms with Crippen molar-refractivity contribution < 1.29 is 18.0 Å². The molecule has 1 fully saturated rings. The minimum absolute atomic E-state index is 0.203. The van der Waals surface area contributed by atoms with Crippen LogP contribution in [0.3, 0.4) is 0 Å². The van der Waals surface area contributed by atoms with Crippen LogP contribution in [0.15, 0.2) is 41.8 Å². The van der Waals surface area contributed by atoms with Gasteiger partial charge in [0.1, 0.15) is 0 Å². The standard InChI is InChI=1S/C20H23F3N2OS/c21-20(22,23)16-4-1-3-15(13-16)14-24-10-8-17-6-7-19(26)25(17)11-9-18-5-2-12-27-18/h1-5,12-13,17,24H,6-11,14H2. The minimum atomic E-state index is -4.32. The van der Waals surface area contributed by atoms with E-state index in [0.717, 1.165) is 31.9 Å². The molecule has 1 N–H and O–H groups in total. The van der Waals surface area contributed by atoms with Crippen molar-refractivity contribution in [2.24, 2.45) is 0 Å². The predicted molar refractivity (Wildman–Crippen MR) is 101 cm³/mol. The SMILES string of the molecule is O=C1CCC(CCNCc2cccc(C(F)(F)F)c2)N1CCc1cccs1. The van der Waals surface area contributed by atoms with Gasteiger partial charge in [-0.1, -0.05) is 24.3 Å². The Hall–Kier alpha value is -1.86. The number of nitrogens with one attached hydrogen (secondary N) is 1. The van der Waals surface area contributed by atoms with Gasteiger partial charge in [-0.05, 0) is 48.9 Å². The van der Waals surface area contributed by atoms with Crippen molar-refractivity contribution in [1.82, 2.24) is 10.2 Å². The molecule has 1 atom stereocenters. The Morgan fingerprint density at radius 2 is 2.07 bits per heavy atom. The fourth-order valence-corrected chi connectivity index (χ4v) is 4.14. The molecule has 2 aromatic rings. The first-order valence-corrected chi connectivity index (χ1v) is 10.00. The van der Waals surface area contributed by atoms with Crippen LogP contribution in [0, 0.1) is 0 Å². The number of carbonyl (C=O) groups excluding carboxylic acids is 1. The number of alkyl halides is 3. The Bertz CT molecular complexity index is 746. The lowest BCUT2D eigenvalue weighted by Gasteiger charge is -2.25. The maximum Gasteiger partial charge on any atom is 0.416 e. The molecule has 0 radical (unpaired) electrons. The second-order valence-electron chi connectivity index (χ2n) is 6.77. The Morgan fingerprint density at radius 3 is 2.81 bits per heavy atom. The Kier molecular flexibility index (Phi) is 6.55. The second kappa shape index (κ2) is 8.89. The molecule has 1 aliphatic rings. The summed E-state index contributed by atoms with van der Waals surface area (Å²) in [7, 11) is 0. The van der Waals surface area contributed by atoms with Crippen LogP contribution in [0.2, 0.25) is 0 Å². The molecule has 1 amide bonds. The summed E-state index contributed by atoms with van der Waals surface area (Å²) < 4.78 is 38.3. The van der Waals surface area contributed by atoms with Crippen molar-refractivity contribution in [1.29, 1.82) is 0 Å². The number of hydrogen-bond acceptors (Lipinski definition) is 3. The number of thiophene rings is 1. The molecule has 0 saturated carbocycles. The Balaban J connectivity index is 1.44. The van der Waals surface area contributed by atoms with E-state index < -0.39 is 11.7 Å². The van der Waals surface area contributed by atoms with Crippen LogP contribution in [-0.4, -0.2) is 29.9 Å². The van der Waals surface area contributed by atoms with Crippen molar-refractivity contribution in [2.75, 3.05) is 13.1 Å². The number of likely N-dealkylation sites (tertiary alicyclic amines) is 1. The summed E-state index contributed by atoms with van der Waals surface area (Å²) in [5, 5.41) is 5.25. The van der Waals surface area contributed by atoms with Gasteiger partial charge in [0.2, 0.25) is 5.91 Å². The first kappa shape index (κ1) is 19.9. The lowest BCUT2D eigenvalue weighted by Crippen LogP contribution is -2.36. The third-order valence-electron chi connectivity index (χ3n) is 4.87. The zero-order chi connectivity index (χ0) is 19.3. The number of nitrogens with zero attached hydrogens (tertiary/aromatic N) is 1. The van der Waals surface area contributed by atoms with E-state index in [-0.39, 0.29) is 11.9 Å². The number of amides is 1. The highest BCUT2D eigenvalue weighted by atomic mass is 32.1. The molecule has 1 saturated heterocycles. The summed E-state index contributed by atoms with van der Waals surface area (Å²) in [6.07, 6.45) is -1.19. The van der Waals surface area contributed by atoms with E-state index in [1.165, 1.54) is 17.0 Å². The molecule has 0 spiro atoms. The van der Waals surface area contributed by atoms with E-state index in [9.17, 15) is 18.0 Å². The molecule has 7 heteroatoms. The van der Waals surface area contributed by atoms with Crippen molar-refractivity contribution in [2.45, 2.75) is 44.4 Å².